The summed E-state index contributed by atoms with van der Waals surface area (Å²) in [7, 11) is 0. The minimum Gasteiger partial charge on any atom is -0.339 e. The van der Waals surface area contributed by atoms with E-state index in [-0.39, 0.29) is 29.5 Å². The van der Waals surface area contributed by atoms with Gasteiger partial charge in [-0.1, -0.05) is 42.5 Å². The number of halogens is 1. The Labute approximate surface area is 184 Å². The molecule has 3 aromatic rings. The van der Waals surface area contributed by atoms with E-state index < -0.39 is 0 Å². The van der Waals surface area contributed by atoms with Gasteiger partial charge in [0.15, 0.2) is 0 Å². The first-order valence-corrected chi connectivity index (χ1v) is 11.3. The Kier molecular flexibility index (Phi) is 5.28. The molecular weight excluding hydrogens is 413 g/mol. The topological polar surface area (TPSA) is 53.5 Å². The molecule has 31 heavy (non-hydrogen) atoms. The lowest BCUT2D eigenvalue weighted by atomic mass is 10.1. The van der Waals surface area contributed by atoms with Gasteiger partial charge in [0.05, 0.1) is 0 Å². The third kappa shape index (κ3) is 4.10. The van der Waals surface area contributed by atoms with Crippen LogP contribution in [0.25, 0.3) is 10.6 Å². The fourth-order valence-electron chi connectivity index (χ4n) is 4.16. The number of carbonyl (C=O) groups is 2. The fourth-order valence-corrected chi connectivity index (χ4v) is 4.96. The summed E-state index contributed by atoms with van der Waals surface area (Å²) in [6.45, 7) is 2.09. The van der Waals surface area contributed by atoms with E-state index in [2.05, 4.69) is 4.98 Å². The van der Waals surface area contributed by atoms with E-state index in [1.165, 1.54) is 23.5 Å². The molecule has 0 unspecified atom stereocenters. The lowest BCUT2D eigenvalue weighted by Crippen LogP contribution is -2.51. The molecule has 7 heteroatoms. The summed E-state index contributed by atoms with van der Waals surface area (Å²) in [5.41, 5.74) is 2.48. The number of benzene rings is 2. The quantitative estimate of drug-likeness (QED) is 0.622. The molecule has 2 atom stereocenters. The molecule has 2 fully saturated rings. The molecule has 1 aliphatic heterocycles. The smallest absolute Gasteiger partial charge is 0.273 e. The number of amides is 2. The minimum absolute atomic E-state index is 0.0281. The highest BCUT2D eigenvalue weighted by Crippen LogP contribution is 2.48. The van der Waals surface area contributed by atoms with E-state index in [0.717, 1.165) is 22.6 Å². The summed E-state index contributed by atoms with van der Waals surface area (Å²) < 4.78 is 13.1. The molecule has 0 bridgehead atoms. The molecule has 1 aliphatic carbocycles. The summed E-state index contributed by atoms with van der Waals surface area (Å²) in [6.07, 6.45) is 0.810. The highest BCUT2D eigenvalue weighted by Gasteiger charge is 2.46. The zero-order chi connectivity index (χ0) is 21.4. The van der Waals surface area contributed by atoms with Gasteiger partial charge in [-0.05, 0) is 30.0 Å². The second-order valence-electron chi connectivity index (χ2n) is 8.02. The number of carbonyl (C=O) groups excluding carboxylic acids is 2. The van der Waals surface area contributed by atoms with Crippen LogP contribution in [0.1, 0.15) is 28.4 Å². The molecule has 5 rings (SSSR count). The van der Waals surface area contributed by atoms with Crippen molar-refractivity contribution in [2.45, 2.75) is 12.3 Å². The van der Waals surface area contributed by atoms with Crippen molar-refractivity contribution in [2.24, 2.45) is 5.92 Å². The van der Waals surface area contributed by atoms with Crippen molar-refractivity contribution in [3.05, 3.63) is 77.1 Å². The van der Waals surface area contributed by atoms with Crippen LogP contribution in [0.2, 0.25) is 0 Å². The van der Waals surface area contributed by atoms with Gasteiger partial charge in [0.1, 0.15) is 16.5 Å². The second kappa shape index (κ2) is 8.23. The maximum absolute atomic E-state index is 13.1. The highest BCUT2D eigenvalue weighted by molar-refractivity contribution is 7.13. The van der Waals surface area contributed by atoms with E-state index in [1.807, 2.05) is 35.2 Å². The van der Waals surface area contributed by atoms with Crippen LogP contribution in [0.4, 0.5) is 4.39 Å². The minimum atomic E-state index is -0.260. The lowest BCUT2D eigenvalue weighted by molar-refractivity contribution is -0.134. The van der Waals surface area contributed by atoms with E-state index in [4.69, 9.17) is 0 Å². The molecule has 1 saturated heterocycles. The van der Waals surface area contributed by atoms with Crippen molar-refractivity contribution in [2.75, 3.05) is 26.2 Å². The van der Waals surface area contributed by atoms with Gasteiger partial charge in [0.25, 0.3) is 5.91 Å². The second-order valence-corrected chi connectivity index (χ2v) is 8.88. The van der Waals surface area contributed by atoms with Crippen LogP contribution in [0.15, 0.2) is 60.0 Å². The monoisotopic (exact) mass is 435 g/mol. The van der Waals surface area contributed by atoms with Crippen molar-refractivity contribution in [1.29, 1.82) is 0 Å². The number of thiazole rings is 1. The van der Waals surface area contributed by atoms with E-state index >= 15 is 0 Å². The Morgan fingerprint density at radius 2 is 1.61 bits per heavy atom. The first kappa shape index (κ1) is 19.9. The van der Waals surface area contributed by atoms with E-state index in [0.29, 0.717) is 31.9 Å². The molecule has 2 amide bonds. The Morgan fingerprint density at radius 1 is 0.935 bits per heavy atom. The summed E-state index contributed by atoms with van der Waals surface area (Å²) in [6, 6.07) is 16.2. The number of hydrogen-bond donors (Lipinski definition) is 0. The molecule has 2 heterocycles. The molecule has 1 aromatic heterocycles. The van der Waals surface area contributed by atoms with Crippen LogP contribution in [-0.2, 0) is 4.79 Å². The average molecular weight is 436 g/mol. The molecule has 1 saturated carbocycles. The summed E-state index contributed by atoms with van der Waals surface area (Å²) in [4.78, 5) is 33.9. The predicted octanol–water partition coefficient (Wildman–Crippen LogP) is 4.04. The van der Waals surface area contributed by atoms with Crippen LogP contribution in [0.5, 0.6) is 0 Å². The highest BCUT2D eigenvalue weighted by atomic mass is 32.1. The molecular formula is C24H22FN3O2S. The summed E-state index contributed by atoms with van der Waals surface area (Å²) >= 11 is 1.46. The summed E-state index contributed by atoms with van der Waals surface area (Å²) in [5.74, 6) is -0.0505. The fraction of sp³-hybridized carbons (Fsp3) is 0.292. The Hall–Kier alpha value is -3.06. The Balaban J connectivity index is 1.16. The molecule has 0 radical (unpaired) electrons. The van der Waals surface area contributed by atoms with Crippen LogP contribution < -0.4 is 0 Å². The molecule has 2 aromatic carbocycles. The first-order valence-electron chi connectivity index (χ1n) is 10.4. The lowest BCUT2D eigenvalue weighted by Gasteiger charge is -2.34. The van der Waals surface area contributed by atoms with Crippen molar-refractivity contribution < 1.29 is 14.0 Å². The number of aromatic nitrogens is 1. The zero-order valence-electron chi connectivity index (χ0n) is 16.9. The standard InChI is InChI=1S/C24H22FN3O2S/c25-18-8-6-16(7-9-18)19-14-20(19)23(29)27-10-12-28(13-11-27)24(30)21-15-31-22(26-21)17-4-2-1-3-5-17/h1-9,15,19-20H,10-14H2/t19-,20+/m0/s1. The Morgan fingerprint density at radius 3 is 2.32 bits per heavy atom. The van der Waals surface area contributed by atoms with Gasteiger partial charge in [0, 0.05) is 43.0 Å². The first-order chi connectivity index (χ1) is 15.1. The molecule has 158 valence electrons. The molecule has 0 spiro atoms. The SMILES string of the molecule is O=C(c1csc(-c2ccccc2)n1)N1CCN(C(=O)[C@@H]2C[C@H]2c2ccc(F)cc2)CC1. The number of nitrogens with zero attached hydrogens (tertiary/aromatic N) is 3. The average Bonchev–Trinajstić information content (AvgIpc) is 3.46. The predicted molar refractivity (Wildman–Crippen MR) is 117 cm³/mol. The van der Waals surface area contributed by atoms with Crippen LogP contribution in [0, 0.1) is 11.7 Å². The van der Waals surface area contributed by atoms with E-state index in [9.17, 15) is 14.0 Å². The third-order valence-corrected chi connectivity index (χ3v) is 6.92. The van der Waals surface area contributed by atoms with Gasteiger partial charge in [-0.2, -0.15) is 0 Å². The van der Waals surface area contributed by atoms with Gasteiger partial charge in [-0.15, -0.1) is 11.3 Å². The maximum Gasteiger partial charge on any atom is 0.273 e. The maximum atomic E-state index is 13.1. The normalized spacial score (nSPS) is 20.5. The third-order valence-electron chi connectivity index (χ3n) is 6.03. The van der Waals surface area contributed by atoms with Gasteiger partial charge >= 0.3 is 0 Å². The van der Waals surface area contributed by atoms with Crippen LogP contribution in [-0.4, -0.2) is 52.8 Å². The number of rotatable bonds is 4. The van der Waals surface area contributed by atoms with Gasteiger partial charge in [-0.3, -0.25) is 9.59 Å². The molecule has 2 aliphatic rings. The van der Waals surface area contributed by atoms with Crippen molar-refractivity contribution in [3.8, 4) is 10.6 Å². The van der Waals surface area contributed by atoms with Crippen molar-refractivity contribution in [1.82, 2.24) is 14.8 Å². The van der Waals surface area contributed by atoms with E-state index in [1.54, 1.807) is 22.4 Å². The van der Waals surface area contributed by atoms with Crippen molar-refractivity contribution >= 4 is 23.2 Å². The zero-order valence-corrected chi connectivity index (χ0v) is 17.7. The Bertz CT molecular complexity index is 1090. The largest absolute Gasteiger partial charge is 0.339 e. The van der Waals surface area contributed by atoms with Gasteiger partial charge in [-0.25, -0.2) is 9.37 Å². The number of piperazine rings is 1. The van der Waals surface area contributed by atoms with Gasteiger partial charge in [0.2, 0.25) is 5.91 Å². The molecule has 0 N–H and O–H groups in total. The summed E-state index contributed by atoms with van der Waals surface area (Å²) in [5, 5.41) is 2.64. The van der Waals surface area contributed by atoms with Gasteiger partial charge < -0.3 is 9.80 Å². The molecule has 5 nitrogen and oxygen atoms in total. The number of hydrogen-bond acceptors (Lipinski definition) is 4. The van der Waals surface area contributed by atoms with Crippen molar-refractivity contribution in [3.63, 3.8) is 0 Å². The van der Waals surface area contributed by atoms with Crippen LogP contribution in [0.3, 0.4) is 0 Å². The van der Waals surface area contributed by atoms with Crippen LogP contribution >= 0.6 is 11.3 Å².